The molecule has 0 spiro atoms. The van der Waals surface area contributed by atoms with Gasteiger partial charge in [-0.1, -0.05) is 23.2 Å². The van der Waals surface area contributed by atoms with E-state index in [9.17, 15) is 4.79 Å². The summed E-state index contributed by atoms with van der Waals surface area (Å²) < 4.78 is 11.7. The van der Waals surface area contributed by atoms with Gasteiger partial charge in [0.15, 0.2) is 11.9 Å². The highest BCUT2D eigenvalue weighted by molar-refractivity contribution is 9.10. The highest BCUT2D eigenvalue weighted by atomic mass is 79.9. The maximum atomic E-state index is 11.4. The zero-order chi connectivity index (χ0) is 13.3. The first kappa shape index (κ1) is 14.1. The van der Waals surface area contributed by atoms with Crippen molar-refractivity contribution in [2.75, 3.05) is 6.61 Å². The van der Waals surface area contributed by atoms with Gasteiger partial charge >= 0.3 is 0 Å². The molecular weight excluding hydrogens is 343 g/mol. The number of halogens is 3. The lowest BCUT2D eigenvalue weighted by atomic mass is 9.90. The van der Waals surface area contributed by atoms with Crippen molar-refractivity contribution in [3.8, 4) is 5.75 Å². The Morgan fingerprint density at radius 3 is 2.72 bits per heavy atom. The SMILES string of the molecule is CCOC1C(=O)CC1Oc1cc(Cl)c(Br)cc1Cl. The smallest absolute Gasteiger partial charge is 0.169 e. The van der Waals surface area contributed by atoms with Gasteiger partial charge in [-0.2, -0.15) is 0 Å². The molecule has 2 unspecified atom stereocenters. The average Bonchev–Trinajstić information content (AvgIpc) is 2.32. The average molecular weight is 354 g/mol. The summed E-state index contributed by atoms with van der Waals surface area (Å²) in [5.41, 5.74) is 0. The van der Waals surface area contributed by atoms with Crippen molar-refractivity contribution in [2.45, 2.75) is 25.6 Å². The van der Waals surface area contributed by atoms with E-state index in [1.54, 1.807) is 12.1 Å². The molecule has 1 fully saturated rings. The van der Waals surface area contributed by atoms with E-state index in [1.807, 2.05) is 6.92 Å². The first-order valence-electron chi connectivity index (χ1n) is 5.48. The minimum absolute atomic E-state index is 0.0566. The number of carbonyl (C=O) groups excluding carboxylic acids is 1. The first-order chi connectivity index (χ1) is 8.52. The minimum Gasteiger partial charge on any atom is -0.485 e. The van der Waals surface area contributed by atoms with Gasteiger partial charge in [0.05, 0.1) is 10.0 Å². The van der Waals surface area contributed by atoms with Crippen molar-refractivity contribution in [2.24, 2.45) is 0 Å². The van der Waals surface area contributed by atoms with Crippen molar-refractivity contribution in [3.63, 3.8) is 0 Å². The molecule has 0 N–H and O–H groups in total. The predicted molar refractivity (Wildman–Crippen MR) is 73.6 cm³/mol. The van der Waals surface area contributed by atoms with Crippen molar-refractivity contribution in [1.29, 1.82) is 0 Å². The zero-order valence-electron chi connectivity index (χ0n) is 9.58. The first-order valence-corrected chi connectivity index (χ1v) is 7.03. The number of ketones is 1. The number of hydrogen-bond acceptors (Lipinski definition) is 3. The predicted octanol–water partition coefficient (Wildman–Crippen LogP) is 3.88. The Kier molecular flexibility index (Phi) is 4.54. The topological polar surface area (TPSA) is 35.5 Å². The normalized spacial score (nSPS) is 22.8. The second-order valence-electron chi connectivity index (χ2n) is 3.90. The maximum absolute atomic E-state index is 11.4. The van der Waals surface area contributed by atoms with Crippen molar-refractivity contribution >= 4 is 44.9 Å². The van der Waals surface area contributed by atoms with Crippen LogP contribution < -0.4 is 4.74 Å². The van der Waals surface area contributed by atoms with E-state index in [1.165, 1.54) is 0 Å². The van der Waals surface area contributed by atoms with Gasteiger partial charge in [0.2, 0.25) is 0 Å². The van der Waals surface area contributed by atoms with Gasteiger partial charge in [-0.15, -0.1) is 0 Å². The van der Waals surface area contributed by atoms with Gasteiger partial charge in [-0.3, -0.25) is 4.79 Å². The Hall–Kier alpha value is -0.290. The molecule has 1 saturated carbocycles. The van der Waals surface area contributed by atoms with Crippen LogP contribution in [-0.2, 0) is 9.53 Å². The fourth-order valence-electron chi connectivity index (χ4n) is 1.71. The monoisotopic (exact) mass is 352 g/mol. The molecule has 0 bridgehead atoms. The van der Waals surface area contributed by atoms with Crippen LogP contribution in [0.25, 0.3) is 0 Å². The number of hydrogen-bond donors (Lipinski definition) is 0. The fraction of sp³-hybridized carbons (Fsp3) is 0.417. The third-order valence-electron chi connectivity index (χ3n) is 2.66. The Morgan fingerprint density at radius 2 is 2.11 bits per heavy atom. The van der Waals surface area contributed by atoms with Gasteiger partial charge in [0, 0.05) is 23.6 Å². The van der Waals surface area contributed by atoms with E-state index in [0.29, 0.717) is 33.3 Å². The van der Waals surface area contributed by atoms with E-state index in [2.05, 4.69) is 15.9 Å². The largest absolute Gasteiger partial charge is 0.485 e. The molecule has 1 aliphatic carbocycles. The van der Waals surface area contributed by atoms with E-state index in [0.717, 1.165) is 0 Å². The lowest BCUT2D eigenvalue weighted by molar-refractivity contribution is -0.154. The van der Waals surface area contributed by atoms with Gasteiger partial charge in [-0.25, -0.2) is 0 Å². The van der Waals surface area contributed by atoms with Gasteiger partial charge in [-0.05, 0) is 28.9 Å². The van der Waals surface area contributed by atoms with E-state index in [-0.39, 0.29) is 11.9 Å². The van der Waals surface area contributed by atoms with Crippen LogP contribution in [0, 0.1) is 0 Å². The standard InChI is InChI=1S/C12H11BrCl2O3/c1-2-17-12-9(16)5-11(12)18-10-4-7(14)6(13)3-8(10)15/h3-4,11-12H,2,5H2,1H3. The summed E-state index contributed by atoms with van der Waals surface area (Å²) in [5.74, 6) is 0.522. The summed E-state index contributed by atoms with van der Waals surface area (Å²) in [6.45, 7) is 2.32. The molecule has 0 aliphatic heterocycles. The van der Waals surface area contributed by atoms with Crippen LogP contribution >= 0.6 is 39.1 Å². The summed E-state index contributed by atoms with van der Waals surface area (Å²) >= 11 is 15.3. The van der Waals surface area contributed by atoms with Crippen LogP contribution in [0.3, 0.4) is 0 Å². The number of rotatable bonds is 4. The molecule has 1 aliphatic rings. The second kappa shape index (κ2) is 5.78. The fourth-order valence-corrected chi connectivity index (χ4v) is 2.55. The minimum atomic E-state index is -0.492. The Bertz CT molecular complexity index is 479. The molecule has 1 aromatic carbocycles. The second-order valence-corrected chi connectivity index (χ2v) is 5.57. The van der Waals surface area contributed by atoms with Crippen molar-refractivity contribution in [3.05, 3.63) is 26.7 Å². The third-order valence-corrected chi connectivity index (χ3v) is 4.15. The molecule has 0 radical (unpaired) electrons. The molecule has 3 nitrogen and oxygen atoms in total. The van der Waals surface area contributed by atoms with Crippen molar-refractivity contribution in [1.82, 2.24) is 0 Å². The van der Waals surface area contributed by atoms with E-state index < -0.39 is 6.10 Å². The van der Waals surface area contributed by atoms with Gasteiger partial charge in [0.1, 0.15) is 11.9 Å². The van der Waals surface area contributed by atoms with Crippen LogP contribution in [0.2, 0.25) is 10.0 Å². The molecule has 2 atom stereocenters. The summed E-state index contributed by atoms with van der Waals surface area (Å²) in [6.07, 6.45) is -0.435. The number of benzene rings is 1. The Balaban J connectivity index is 2.10. The lowest BCUT2D eigenvalue weighted by Gasteiger charge is -2.34. The summed E-state index contributed by atoms with van der Waals surface area (Å²) in [6, 6.07) is 3.29. The maximum Gasteiger partial charge on any atom is 0.169 e. The highest BCUT2D eigenvalue weighted by Crippen LogP contribution is 2.36. The molecule has 0 aromatic heterocycles. The van der Waals surface area contributed by atoms with Gasteiger partial charge < -0.3 is 9.47 Å². The lowest BCUT2D eigenvalue weighted by Crippen LogP contribution is -2.52. The van der Waals surface area contributed by atoms with Crippen LogP contribution in [0.1, 0.15) is 13.3 Å². The highest BCUT2D eigenvalue weighted by Gasteiger charge is 2.42. The number of carbonyl (C=O) groups is 1. The molecule has 98 valence electrons. The van der Waals surface area contributed by atoms with Crippen LogP contribution in [-0.4, -0.2) is 24.6 Å². The summed E-state index contributed by atoms with van der Waals surface area (Å²) in [5, 5.41) is 0.953. The molecule has 0 heterocycles. The zero-order valence-corrected chi connectivity index (χ0v) is 12.7. The van der Waals surface area contributed by atoms with Crippen LogP contribution in [0.15, 0.2) is 16.6 Å². The van der Waals surface area contributed by atoms with Crippen molar-refractivity contribution < 1.29 is 14.3 Å². The number of Topliss-reactive ketones (excluding diaryl/α,β-unsaturated/α-hetero) is 1. The third kappa shape index (κ3) is 2.82. The molecule has 1 aromatic rings. The summed E-state index contributed by atoms with van der Waals surface area (Å²) in [7, 11) is 0. The van der Waals surface area contributed by atoms with E-state index in [4.69, 9.17) is 32.7 Å². The molecule has 2 rings (SSSR count). The summed E-state index contributed by atoms with van der Waals surface area (Å²) in [4.78, 5) is 11.4. The van der Waals surface area contributed by atoms with Crippen LogP contribution in [0.5, 0.6) is 5.75 Å². The number of ether oxygens (including phenoxy) is 2. The quantitative estimate of drug-likeness (QED) is 0.770. The van der Waals surface area contributed by atoms with Crippen LogP contribution in [0.4, 0.5) is 0 Å². The Labute approximate surface area is 123 Å². The molecule has 0 saturated heterocycles. The molecular formula is C12H11BrCl2O3. The van der Waals surface area contributed by atoms with E-state index >= 15 is 0 Å². The molecule has 6 heteroatoms. The Morgan fingerprint density at radius 1 is 1.39 bits per heavy atom. The molecule has 18 heavy (non-hydrogen) atoms. The van der Waals surface area contributed by atoms with Gasteiger partial charge in [0.25, 0.3) is 0 Å². The molecule has 0 amide bonds.